The Hall–Kier alpha value is -1.22. The summed E-state index contributed by atoms with van der Waals surface area (Å²) in [6.45, 7) is 4.23. The van der Waals surface area contributed by atoms with Crippen LogP contribution >= 0.6 is 0 Å². The smallest absolute Gasteiger partial charge is 0.157 e. The van der Waals surface area contributed by atoms with E-state index in [1.54, 1.807) is 12.1 Å². The van der Waals surface area contributed by atoms with Gasteiger partial charge in [-0.2, -0.15) is 0 Å². The van der Waals surface area contributed by atoms with Crippen molar-refractivity contribution >= 4 is 0 Å². The van der Waals surface area contributed by atoms with Crippen molar-refractivity contribution in [3.05, 3.63) is 23.8 Å². The fourth-order valence-corrected chi connectivity index (χ4v) is 2.04. The van der Waals surface area contributed by atoms with E-state index in [4.69, 9.17) is 0 Å². The number of unbranched alkanes of at least 4 members (excludes halogenated alkanes) is 1. The Balaban J connectivity index is 2.41. The minimum absolute atomic E-state index is 0.0963. The SMILES string of the molecule is CCCCC(C)C(O)CCc1ccc(O)c(O)c1. The average Bonchev–Trinajstić information content (AvgIpc) is 2.36. The van der Waals surface area contributed by atoms with Gasteiger partial charge in [-0.25, -0.2) is 0 Å². The second kappa shape index (κ2) is 7.27. The molecule has 3 nitrogen and oxygen atoms in total. The molecule has 18 heavy (non-hydrogen) atoms. The van der Waals surface area contributed by atoms with Crippen LogP contribution in [0.15, 0.2) is 18.2 Å². The van der Waals surface area contributed by atoms with Crippen molar-refractivity contribution in [3.63, 3.8) is 0 Å². The molecule has 0 spiro atoms. The number of hydrogen-bond acceptors (Lipinski definition) is 3. The van der Waals surface area contributed by atoms with Gasteiger partial charge in [0.1, 0.15) is 0 Å². The Morgan fingerprint density at radius 2 is 1.83 bits per heavy atom. The number of aliphatic hydroxyl groups is 1. The second-order valence-corrected chi connectivity index (χ2v) is 5.05. The maximum atomic E-state index is 10.0. The first kappa shape index (κ1) is 14.8. The number of benzene rings is 1. The zero-order chi connectivity index (χ0) is 13.5. The van der Waals surface area contributed by atoms with Crippen molar-refractivity contribution in [3.8, 4) is 11.5 Å². The van der Waals surface area contributed by atoms with E-state index in [-0.39, 0.29) is 17.6 Å². The predicted octanol–water partition coefficient (Wildman–Crippen LogP) is 3.22. The second-order valence-electron chi connectivity index (χ2n) is 5.05. The Morgan fingerprint density at radius 3 is 2.44 bits per heavy atom. The maximum Gasteiger partial charge on any atom is 0.157 e. The maximum absolute atomic E-state index is 10.0. The van der Waals surface area contributed by atoms with Crippen LogP contribution in [-0.4, -0.2) is 21.4 Å². The van der Waals surface area contributed by atoms with E-state index < -0.39 is 0 Å². The molecule has 1 aromatic rings. The third-order valence-electron chi connectivity index (χ3n) is 3.44. The van der Waals surface area contributed by atoms with Crippen molar-refractivity contribution < 1.29 is 15.3 Å². The topological polar surface area (TPSA) is 60.7 Å². The van der Waals surface area contributed by atoms with Crippen LogP contribution in [0, 0.1) is 5.92 Å². The van der Waals surface area contributed by atoms with Crippen molar-refractivity contribution in [2.45, 2.75) is 52.1 Å². The lowest BCUT2D eigenvalue weighted by Crippen LogP contribution is -2.18. The Labute approximate surface area is 109 Å². The summed E-state index contributed by atoms with van der Waals surface area (Å²) in [6, 6.07) is 4.81. The highest BCUT2D eigenvalue weighted by atomic mass is 16.3. The minimum Gasteiger partial charge on any atom is -0.504 e. The zero-order valence-electron chi connectivity index (χ0n) is 11.3. The van der Waals surface area contributed by atoms with Crippen molar-refractivity contribution in [2.24, 2.45) is 5.92 Å². The minimum atomic E-state index is -0.299. The molecule has 0 aromatic heterocycles. The summed E-state index contributed by atoms with van der Waals surface area (Å²) in [6.07, 6.45) is 4.47. The molecule has 3 N–H and O–H groups in total. The van der Waals surface area contributed by atoms with Crippen LogP contribution in [0.25, 0.3) is 0 Å². The van der Waals surface area contributed by atoms with E-state index in [9.17, 15) is 15.3 Å². The van der Waals surface area contributed by atoms with Crippen molar-refractivity contribution in [1.82, 2.24) is 0 Å². The molecule has 0 aliphatic rings. The van der Waals surface area contributed by atoms with Gasteiger partial charge in [0.25, 0.3) is 0 Å². The van der Waals surface area contributed by atoms with E-state index >= 15 is 0 Å². The van der Waals surface area contributed by atoms with Gasteiger partial charge in [-0.1, -0.05) is 32.8 Å². The van der Waals surface area contributed by atoms with Gasteiger partial charge >= 0.3 is 0 Å². The van der Waals surface area contributed by atoms with Crippen LogP contribution in [0.1, 0.15) is 45.1 Å². The molecule has 102 valence electrons. The summed E-state index contributed by atoms with van der Waals surface area (Å²) in [4.78, 5) is 0. The third kappa shape index (κ3) is 4.57. The molecule has 3 heteroatoms. The van der Waals surface area contributed by atoms with Gasteiger partial charge in [-0.3, -0.25) is 0 Å². The lowest BCUT2D eigenvalue weighted by Gasteiger charge is -2.18. The van der Waals surface area contributed by atoms with E-state index in [2.05, 4.69) is 13.8 Å². The molecule has 2 unspecified atom stereocenters. The summed E-state index contributed by atoms with van der Waals surface area (Å²) in [5, 5.41) is 28.6. The molecule has 1 rings (SSSR count). The van der Waals surface area contributed by atoms with Gasteiger partial charge in [-0.05, 0) is 42.9 Å². The molecule has 0 fully saturated rings. The van der Waals surface area contributed by atoms with Crippen LogP contribution in [0.3, 0.4) is 0 Å². The van der Waals surface area contributed by atoms with E-state index in [0.29, 0.717) is 18.8 Å². The fourth-order valence-electron chi connectivity index (χ4n) is 2.04. The highest BCUT2D eigenvalue weighted by molar-refractivity contribution is 5.40. The van der Waals surface area contributed by atoms with Gasteiger partial charge < -0.3 is 15.3 Å². The summed E-state index contributed by atoms with van der Waals surface area (Å²) in [7, 11) is 0. The van der Waals surface area contributed by atoms with Crippen LogP contribution in [0.5, 0.6) is 11.5 Å². The third-order valence-corrected chi connectivity index (χ3v) is 3.44. The molecule has 0 saturated carbocycles. The standard InChI is InChI=1S/C15H24O3/c1-3-4-5-11(2)13(16)8-6-12-7-9-14(17)15(18)10-12/h7,9-11,13,16-18H,3-6,8H2,1-2H3. The first-order chi connectivity index (χ1) is 8.54. The van der Waals surface area contributed by atoms with Gasteiger partial charge in [0.2, 0.25) is 0 Å². The lowest BCUT2D eigenvalue weighted by molar-refractivity contribution is 0.102. The van der Waals surface area contributed by atoms with Gasteiger partial charge in [0, 0.05) is 0 Å². The summed E-state index contributed by atoms with van der Waals surface area (Å²) in [5.74, 6) is 0.118. The molecule has 2 atom stereocenters. The van der Waals surface area contributed by atoms with E-state index in [1.165, 1.54) is 6.07 Å². The molecule has 0 bridgehead atoms. The Kier molecular flexibility index (Phi) is 5.99. The van der Waals surface area contributed by atoms with Crippen LogP contribution in [0.4, 0.5) is 0 Å². The van der Waals surface area contributed by atoms with Gasteiger partial charge in [0.05, 0.1) is 6.10 Å². The van der Waals surface area contributed by atoms with Crippen molar-refractivity contribution in [1.29, 1.82) is 0 Å². The van der Waals surface area contributed by atoms with Crippen molar-refractivity contribution in [2.75, 3.05) is 0 Å². The number of aromatic hydroxyl groups is 2. The number of aryl methyl sites for hydroxylation is 1. The normalized spacial score (nSPS) is 14.4. The quantitative estimate of drug-likeness (QED) is 0.653. The predicted molar refractivity (Wildman–Crippen MR) is 72.8 cm³/mol. The molecular weight excluding hydrogens is 228 g/mol. The van der Waals surface area contributed by atoms with Crippen LogP contribution in [0.2, 0.25) is 0 Å². The fraction of sp³-hybridized carbons (Fsp3) is 0.600. The molecular formula is C15H24O3. The Bertz CT molecular complexity index is 363. The molecule has 0 radical (unpaired) electrons. The highest BCUT2D eigenvalue weighted by Gasteiger charge is 2.13. The van der Waals surface area contributed by atoms with E-state index in [0.717, 1.165) is 24.8 Å². The van der Waals surface area contributed by atoms with Crippen LogP contribution < -0.4 is 0 Å². The number of phenols is 2. The first-order valence-electron chi connectivity index (χ1n) is 6.73. The Morgan fingerprint density at radius 1 is 1.11 bits per heavy atom. The monoisotopic (exact) mass is 252 g/mol. The molecule has 0 aliphatic carbocycles. The largest absolute Gasteiger partial charge is 0.504 e. The molecule has 0 heterocycles. The van der Waals surface area contributed by atoms with Gasteiger partial charge in [0.15, 0.2) is 11.5 Å². The first-order valence-corrected chi connectivity index (χ1v) is 6.73. The molecule has 1 aromatic carbocycles. The highest BCUT2D eigenvalue weighted by Crippen LogP contribution is 2.26. The zero-order valence-corrected chi connectivity index (χ0v) is 11.3. The summed E-state index contributed by atoms with van der Waals surface area (Å²) in [5.41, 5.74) is 0.937. The number of phenolic OH excluding ortho intramolecular Hbond substituents is 2. The molecule has 0 saturated heterocycles. The molecule has 0 aliphatic heterocycles. The number of rotatable bonds is 7. The number of aliphatic hydroxyl groups excluding tert-OH is 1. The molecule has 0 amide bonds. The summed E-state index contributed by atoms with van der Waals surface area (Å²) < 4.78 is 0. The van der Waals surface area contributed by atoms with Crippen LogP contribution in [-0.2, 0) is 6.42 Å². The number of hydrogen-bond donors (Lipinski definition) is 3. The average molecular weight is 252 g/mol. The summed E-state index contributed by atoms with van der Waals surface area (Å²) >= 11 is 0. The lowest BCUT2D eigenvalue weighted by atomic mass is 9.93. The van der Waals surface area contributed by atoms with Gasteiger partial charge in [-0.15, -0.1) is 0 Å². The van der Waals surface area contributed by atoms with E-state index in [1.807, 2.05) is 0 Å².